The molecular formula is C15H19NO2. The summed E-state index contributed by atoms with van der Waals surface area (Å²) in [6.45, 7) is 0. The molecule has 1 aliphatic heterocycles. The van der Waals surface area contributed by atoms with Gasteiger partial charge < -0.3 is 9.64 Å². The fourth-order valence-electron chi connectivity index (χ4n) is 3.30. The standard InChI is InChI=1S/C15H19NO2/c1-16(2)11-7-9-15(10-8-11)13-6-4-3-5-12(13)14(17)18-15/h3-6,11H,7-10H2,1-2H3/t11-,15-. The van der Waals surface area contributed by atoms with Gasteiger partial charge in [-0.05, 0) is 45.8 Å². The van der Waals surface area contributed by atoms with Crippen LogP contribution in [0.15, 0.2) is 24.3 Å². The number of benzene rings is 1. The maximum Gasteiger partial charge on any atom is 0.339 e. The minimum absolute atomic E-state index is 0.145. The fourth-order valence-corrected chi connectivity index (χ4v) is 3.30. The summed E-state index contributed by atoms with van der Waals surface area (Å²) in [4.78, 5) is 14.2. The zero-order valence-electron chi connectivity index (χ0n) is 11.0. The average molecular weight is 245 g/mol. The summed E-state index contributed by atoms with van der Waals surface area (Å²) in [5, 5.41) is 0. The van der Waals surface area contributed by atoms with Gasteiger partial charge in [-0.15, -0.1) is 0 Å². The van der Waals surface area contributed by atoms with Crippen molar-refractivity contribution < 1.29 is 9.53 Å². The molecule has 3 nitrogen and oxygen atoms in total. The molecule has 1 spiro atoms. The predicted molar refractivity (Wildman–Crippen MR) is 69.5 cm³/mol. The molecule has 0 bridgehead atoms. The highest BCUT2D eigenvalue weighted by atomic mass is 16.6. The van der Waals surface area contributed by atoms with Crippen molar-refractivity contribution in [2.45, 2.75) is 37.3 Å². The van der Waals surface area contributed by atoms with Crippen LogP contribution in [0.1, 0.15) is 41.6 Å². The molecule has 1 heterocycles. The summed E-state index contributed by atoms with van der Waals surface area (Å²) >= 11 is 0. The second kappa shape index (κ2) is 4.09. The first-order valence-electron chi connectivity index (χ1n) is 6.62. The van der Waals surface area contributed by atoms with E-state index in [2.05, 4.69) is 25.1 Å². The van der Waals surface area contributed by atoms with Crippen LogP contribution in [-0.2, 0) is 10.3 Å². The van der Waals surface area contributed by atoms with Crippen molar-refractivity contribution in [3.8, 4) is 0 Å². The summed E-state index contributed by atoms with van der Waals surface area (Å²) in [6.07, 6.45) is 4.07. The van der Waals surface area contributed by atoms with Crippen LogP contribution in [0.3, 0.4) is 0 Å². The predicted octanol–water partition coefficient (Wildman–Crippen LogP) is 2.56. The lowest BCUT2D eigenvalue weighted by atomic mass is 9.77. The molecule has 1 aliphatic carbocycles. The Labute approximate surface area is 108 Å². The van der Waals surface area contributed by atoms with E-state index in [1.165, 1.54) is 0 Å². The number of nitrogens with zero attached hydrogens (tertiary/aromatic N) is 1. The van der Waals surface area contributed by atoms with Crippen LogP contribution in [0.4, 0.5) is 0 Å². The van der Waals surface area contributed by atoms with Gasteiger partial charge in [0.25, 0.3) is 0 Å². The Morgan fingerprint density at radius 2 is 1.89 bits per heavy atom. The third-order valence-electron chi connectivity index (χ3n) is 4.42. The van der Waals surface area contributed by atoms with Crippen LogP contribution < -0.4 is 0 Å². The Morgan fingerprint density at radius 1 is 1.22 bits per heavy atom. The quantitative estimate of drug-likeness (QED) is 0.712. The topological polar surface area (TPSA) is 29.5 Å². The molecule has 0 unspecified atom stereocenters. The first kappa shape index (κ1) is 11.7. The summed E-state index contributed by atoms with van der Waals surface area (Å²) < 4.78 is 5.73. The average Bonchev–Trinajstić information content (AvgIpc) is 2.64. The zero-order valence-corrected chi connectivity index (χ0v) is 11.0. The maximum absolute atomic E-state index is 11.9. The Balaban J connectivity index is 1.89. The van der Waals surface area contributed by atoms with Gasteiger partial charge in [0.2, 0.25) is 0 Å². The first-order chi connectivity index (χ1) is 8.62. The summed E-state index contributed by atoms with van der Waals surface area (Å²) in [6, 6.07) is 8.45. The van der Waals surface area contributed by atoms with Crippen molar-refractivity contribution in [2.24, 2.45) is 0 Å². The van der Waals surface area contributed by atoms with Crippen LogP contribution in [-0.4, -0.2) is 31.0 Å². The second-order valence-electron chi connectivity index (χ2n) is 5.62. The number of hydrogen-bond acceptors (Lipinski definition) is 3. The minimum atomic E-state index is -0.333. The van der Waals surface area contributed by atoms with Crippen LogP contribution in [0.25, 0.3) is 0 Å². The van der Waals surface area contributed by atoms with E-state index in [-0.39, 0.29) is 11.6 Å². The van der Waals surface area contributed by atoms with Gasteiger partial charge in [0.15, 0.2) is 0 Å². The Morgan fingerprint density at radius 3 is 2.56 bits per heavy atom. The van der Waals surface area contributed by atoms with E-state index in [0.29, 0.717) is 6.04 Å². The Hall–Kier alpha value is -1.35. The number of esters is 1. The number of carbonyl (C=O) groups is 1. The normalized spacial score (nSPS) is 30.6. The smallest absolute Gasteiger partial charge is 0.339 e. The summed E-state index contributed by atoms with van der Waals surface area (Å²) in [5.41, 5.74) is 1.54. The number of carbonyl (C=O) groups excluding carboxylic acids is 1. The van der Waals surface area contributed by atoms with Crippen molar-refractivity contribution in [1.82, 2.24) is 4.90 Å². The van der Waals surface area contributed by atoms with E-state index in [0.717, 1.165) is 36.8 Å². The van der Waals surface area contributed by atoms with E-state index in [4.69, 9.17) is 4.74 Å². The van der Waals surface area contributed by atoms with Gasteiger partial charge in [0.1, 0.15) is 5.60 Å². The molecular weight excluding hydrogens is 226 g/mol. The molecule has 2 aliphatic rings. The van der Waals surface area contributed by atoms with E-state index in [1.54, 1.807) is 0 Å². The molecule has 3 heteroatoms. The molecule has 1 fully saturated rings. The van der Waals surface area contributed by atoms with Crippen LogP contribution in [0.5, 0.6) is 0 Å². The van der Waals surface area contributed by atoms with E-state index >= 15 is 0 Å². The lowest BCUT2D eigenvalue weighted by Crippen LogP contribution is -2.39. The molecule has 0 saturated heterocycles. The SMILES string of the molecule is CN(C)[C@H]1CC[C@@]2(CC1)OC(=O)c1ccccc12. The van der Waals surface area contributed by atoms with Gasteiger partial charge in [-0.1, -0.05) is 18.2 Å². The fraction of sp³-hybridized carbons (Fsp3) is 0.533. The lowest BCUT2D eigenvalue weighted by Gasteiger charge is -2.38. The Bertz CT molecular complexity index is 473. The summed E-state index contributed by atoms with van der Waals surface area (Å²) in [7, 11) is 4.24. The van der Waals surface area contributed by atoms with Gasteiger partial charge in [0, 0.05) is 11.6 Å². The van der Waals surface area contributed by atoms with Gasteiger partial charge in [-0.25, -0.2) is 4.79 Å². The minimum Gasteiger partial charge on any atom is -0.451 e. The molecule has 3 rings (SSSR count). The van der Waals surface area contributed by atoms with Crippen molar-refractivity contribution in [2.75, 3.05) is 14.1 Å². The zero-order chi connectivity index (χ0) is 12.8. The monoisotopic (exact) mass is 245 g/mol. The van der Waals surface area contributed by atoms with E-state index in [9.17, 15) is 4.79 Å². The molecule has 1 saturated carbocycles. The molecule has 0 N–H and O–H groups in total. The molecule has 96 valence electrons. The molecule has 0 atom stereocenters. The number of fused-ring (bicyclic) bond motifs is 2. The molecule has 1 aromatic carbocycles. The third-order valence-corrected chi connectivity index (χ3v) is 4.42. The Kier molecular flexibility index (Phi) is 2.67. The first-order valence-corrected chi connectivity index (χ1v) is 6.62. The van der Waals surface area contributed by atoms with Gasteiger partial charge in [0.05, 0.1) is 5.56 Å². The lowest BCUT2D eigenvalue weighted by molar-refractivity contribution is -0.0385. The number of ether oxygens (including phenoxy) is 1. The molecule has 1 aromatic rings. The second-order valence-corrected chi connectivity index (χ2v) is 5.62. The van der Waals surface area contributed by atoms with Gasteiger partial charge in [-0.3, -0.25) is 0 Å². The maximum atomic E-state index is 11.9. The van der Waals surface area contributed by atoms with Crippen LogP contribution in [0.2, 0.25) is 0 Å². The van der Waals surface area contributed by atoms with Crippen molar-refractivity contribution in [1.29, 1.82) is 0 Å². The number of rotatable bonds is 1. The van der Waals surface area contributed by atoms with Crippen molar-refractivity contribution >= 4 is 5.97 Å². The highest BCUT2D eigenvalue weighted by molar-refractivity contribution is 5.94. The third kappa shape index (κ3) is 1.65. The molecule has 0 radical (unpaired) electrons. The molecule has 0 amide bonds. The molecule has 18 heavy (non-hydrogen) atoms. The van der Waals surface area contributed by atoms with E-state index < -0.39 is 0 Å². The van der Waals surface area contributed by atoms with Crippen molar-refractivity contribution in [3.05, 3.63) is 35.4 Å². The van der Waals surface area contributed by atoms with Gasteiger partial charge >= 0.3 is 5.97 Å². The van der Waals surface area contributed by atoms with Gasteiger partial charge in [-0.2, -0.15) is 0 Å². The summed E-state index contributed by atoms with van der Waals surface area (Å²) in [5.74, 6) is -0.145. The van der Waals surface area contributed by atoms with E-state index in [1.807, 2.05) is 18.2 Å². The largest absolute Gasteiger partial charge is 0.451 e. The highest BCUT2D eigenvalue weighted by Crippen LogP contribution is 2.47. The number of hydrogen-bond donors (Lipinski definition) is 0. The van der Waals surface area contributed by atoms with Crippen LogP contribution >= 0.6 is 0 Å². The van der Waals surface area contributed by atoms with Crippen LogP contribution in [0, 0.1) is 0 Å². The van der Waals surface area contributed by atoms with Crippen molar-refractivity contribution in [3.63, 3.8) is 0 Å². The molecule has 0 aromatic heterocycles. The highest BCUT2D eigenvalue weighted by Gasteiger charge is 2.47.